The number of aromatic amines is 1. The number of carbonyl (C=O) groups excluding carboxylic acids is 1. The Morgan fingerprint density at radius 3 is 2.76 bits per heavy atom. The van der Waals surface area contributed by atoms with Gasteiger partial charge in [0.15, 0.2) is 5.82 Å². The molecule has 2 heterocycles. The van der Waals surface area contributed by atoms with Gasteiger partial charge >= 0.3 is 11.8 Å². The molecule has 0 fully saturated rings. The molecule has 0 saturated carbocycles. The van der Waals surface area contributed by atoms with Crippen molar-refractivity contribution in [2.24, 2.45) is 10.9 Å². The minimum atomic E-state index is -0.615. The molecule has 2 aromatic rings. The molecule has 0 spiro atoms. The summed E-state index contributed by atoms with van der Waals surface area (Å²) in [4.78, 5) is 32.1. The number of anilines is 1. The Bertz CT molecular complexity index is 1040. The summed E-state index contributed by atoms with van der Waals surface area (Å²) >= 11 is 0. The topological polar surface area (TPSA) is 112 Å². The Kier molecular flexibility index (Phi) is 5.46. The van der Waals surface area contributed by atoms with Gasteiger partial charge in [-0.25, -0.2) is 19.1 Å². The molecule has 154 valence electrons. The molecule has 29 heavy (non-hydrogen) atoms. The minimum Gasteiger partial charge on any atom is -0.444 e. The lowest BCUT2D eigenvalue weighted by Gasteiger charge is -2.20. The molecule has 0 bridgehead atoms. The number of H-pyrrole nitrogens is 1. The van der Waals surface area contributed by atoms with Crippen molar-refractivity contribution in [2.75, 3.05) is 5.32 Å². The highest BCUT2D eigenvalue weighted by Gasteiger charge is 2.23. The van der Waals surface area contributed by atoms with E-state index < -0.39 is 11.7 Å². The van der Waals surface area contributed by atoms with Crippen LogP contribution >= 0.6 is 0 Å². The van der Waals surface area contributed by atoms with E-state index in [1.54, 1.807) is 39.1 Å². The molecule has 1 aliphatic rings. The second-order valence-electron chi connectivity index (χ2n) is 8.28. The monoisotopic (exact) mass is 397 g/mol. The molecule has 8 heteroatoms. The first-order chi connectivity index (χ1) is 13.6. The Hall–Kier alpha value is -3.16. The lowest BCUT2D eigenvalue weighted by atomic mass is 10.0. The average molecular weight is 397 g/mol. The van der Waals surface area contributed by atoms with Crippen molar-refractivity contribution in [1.82, 2.24) is 9.55 Å². The van der Waals surface area contributed by atoms with Gasteiger partial charge < -0.3 is 15.1 Å². The van der Waals surface area contributed by atoms with Crippen LogP contribution < -0.4 is 11.0 Å². The number of hydrogen-bond donors (Lipinski definition) is 3. The number of nitrogens with one attached hydrogen (secondary N) is 3. The summed E-state index contributed by atoms with van der Waals surface area (Å²) in [6, 6.07) is 5.31. The molecule has 1 aromatic heterocycles. The number of rotatable bonds is 3. The first-order valence-electron chi connectivity index (χ1n) is 9.66. The van der Waals surface area contributed by atoms with E-state index in [0.29, 0.717) is 35.0 Å². The number of aryl methyl sites for hydroxylation is 1. The normalized spacial score (nSPS) is 16.3. The zero-order chi connectivity index (χ0) is 21.3. The SMILES string of the molecule is CCC1C=Nc2c([nH]c(=O)n2-c2cc(C)cc(NC(=O)OC(C)(C)C)c2)C(=N)C1. The second kappa shape index (κ2) is 7.69. The van der Waals surface area contributed by atoms with Gasteiger partial charge in [0.2, 0.25) is 0 Å². The van der Waals surface area contributed by atoms with Gasteiger partial charge in [-0.3, -0.25) is 5.32 Å². The standard InChI is InChI=1S/C21H27N5O3/c1-6-13-9-16(22)17-18(23-11-13)26(19(27)25-17)15-8-12(2)7-14(10-15)24-20(28)29-21(3,4)5/h7-8,10-11,13,22H,6,9H2,1-5H3,(H,24,28)(H,25,27). The Morgan fingerprint density at radius 2 is 2.10 bits per heavy atom. The molecule has 1 amide bonds. The van der Waals surface area contributed by atoms with Gasteiger partial charge in [0.1, 0.15) is 11.3 Å². The molecule has 0 aliphatic carbocycles. The minimum absolute atomic E-state index is 0.161. The van der Waals surface area contributed by atoms with E-state index in [9.17, 15) is 9.59 Å². The Morgan fingerprint density at radius 1 is 1.38 bits per heavy atom. The predicted octanol–water partition coefficient (Wildman–Crippen LogP) is 4.32. The van der Waals surface area contributed by atoms with Gasteiger partial charge in [-0.15, -0.1) is 0 Å². The number of ether oxygens (including phenoxy) is 1. The number of benzene rings is 1. The highest BCUT2D eigenvalue weighted by Crippen LogP contribution is 2.28. The van der Waals surface area contributed by atoms with E-state index in [4.69, 9.17) is 10.1 Å². The van der Waals surface area contributed by atoms with Gasteiger partial charge in [-0.1, -0.05) is 6.92 Å². The molecule has 1 unspecified atom stereocenters. The zero-order valence-electron chi connectivity index (χ0n) is 17.4. The molecule has 3 N–H and O–H groups in total. The maximum absolute atomic E-state index is 12.7. The molecule has 1 atom stereocenters. The quantitative estimate of drug-likeness (QED) is 0.717. The van der Waals surface area contributed by atoms with Crippen LogP contribution in [0.1, 0.15) is 51.8 Å². The predicted molar refractivity (Wildman–Crippen MR) is 114 cm³/mol. The fraction of sp³-hybridized carbons (Fsp3) is 0.429. The van der Waals surface area contributed by atoms with Crippen molar-refractivity contribution in [2.45, 2.75) is 53.1 Å². The molecular formula is C21H27N5O3. The van der Waals surface area contributed by atoms with E-state index in [1.165, 1.54) is 4.57 Å². The van der Waals surface area contributed by atoms with Crippen molar-refractivity contribution in [3.63, 3.8) is 0 Å². The number of nitrogens with zero attached hydrogens (tertiary/aromatic N) is 2. The summed E-state index contributed by atoms with van der Waals surface area (Å²) < 4.78 is 6.74. The van der Waals surface area contributed by atoms with Crippen molar-refractivity contribution in [1.29, 1.82) is 5.41 Å². The van der Waals surface area contributed by atoms with E-state index in [0.717, 1.165) is 12.0 Å². The third-order valence-corrected chi connectivity index (χ3v) is 4.54. The van der Waals surface area contributed by atoms with Crippen molar-refractivity contribution in [3.8, 4) is 5.69 Å². The molecular weight excluding hydrogens is 370 g/mol. The summed E-state index contributed by atoms with van der Waals surface area (Å²) in [5, 5.41) is 11.1. The number of hydrogen-bond acceptors (Lipinski definition) is 5. The summed E-state index contributed by atoms with van der Waals surface area (Å²) in [6.45, 7) is 9.29. The van der Waals surface area contributed by atoms with Crippen molar-refractivity contribution in [3.05, 3.63) is 39.9 Å². The van der Waals surface area contributed by atoms with Crippen LogP contribution in [0, 0.1) is 18.3 Å². The number of amides is 1. The number of carbonyl (C=O) groups is 1. The zero-order valence-corrected chi connectivity index (χ0v) is 17.4. The molecule has 1 aromatic carbocycles. The van der Waals surface area contributed by atoms with Crippen LogP contribution in [0.3, 0.4) is 0 Å². The summed E-state index contributed by atoms with van der Waals surface area (Å²) in [7, 11) is 0. The van der Waals surface area contributed by atoms with Crippen molar-refractivity contribution < 1.29 is 9.53 Å². The number of fused-ring (bicyclic) bond motifs is 1. The van der Waals surface area contributed by atoms with Crippen LogP contribution in [0.5, 0.6) is 0 Å². The molecule has 1 aliphatic heterocycles. The van der Waals surface area contributed by atoms with E-state index in [1.807, 2.05) is 19.9 Å². The fourth-order valence-corrected chi connectivity index (χ4v) is 3.23. The van der Waals surface area contributed by atoms with E-state index >= 15 is 0 Å². The number of imidazole rings is 1. The van der Waals surface area contributed by atoms with Crippen LogP contribution in [0.2, 0.25) is 0 Å². The highest BCUT2D eigenvalue weighted by molar-refractivity contribution is 6.03. The highest BCUT2D eigenvalue weighted by atomic mass is 16.6. The number of aliphatic imine (C=N–C) groups is 1. The number of aromatic nitrogens is 2. The third-order valence-electron chi connectivity index (χ3n) is 4.54. The van der Waals surface area contributed by atoms with Gasteiger partial charge in [-0.05, 0) is 70.2 Å². The van der Waals surface area contributed by atoms with Gasteiger partial charge in [0.25, 0.3) is 0 Å². The summed E-state index contributed by atoms with van der Waals surface area (Å²) in [5.74, 6) is 0.568. The van der Waals surface area contributed by atoms with Crippen LogP contribution in [0.25, 0.3) is 5.69 Å². The van der Waals surface area contributed by atoms with Crippen LogP contribution in [-0.4, -0.2) is 33.2 Å². The van der Waals surface area contributed by atoms with Crippen LogP contribution in [0.4, 0.5) is 16.3 Å². The smallest absolute Gasteiger partial charge is 0.412 e. The summed E-state index contributed by atoms with van der Waals surface area (Å²) in [5.41, 5.74) is 1.73. The van der Waals surface area contributed by atoms with E-state index in [-0.39, 0.29) is 11.6 Å². The molecule has 3 rings (SSSR count). The van der Waals surface area contributed by atoms with Gasteiger partial charge in [0, 0.05) is 11.9 Å². The Balaban J connectivity index is 2.02. The van der Waals surface area contributed by atoms with Gasteiger partial charge in [-0.2, -0.15) is 0 Å². The maximum Gasteiger partial charge on any atom is 0.412 e. The largest absolute Gasteiger partial charge is 0.444 e. The Labute approximate surface area is 169 Å². The summed E-state index contributed by atoms with van der Waals surface area (Å²) in [6.07, 6.45) is 2.64. The third kappa shape index (κ3) is 4.64. The first kappa shape index (κ1) is 20.6. The van der Waals surface area contributed by atoms with E-state index in [2.05, 4.69) is 15.3 Å². The lowest BCUT2D eigenvalue weighted by Crippen LogP contribution is -2.27. The van der Waals surface area contributed by atoms with Crippen molar-refractivity contribution >= 4 is 29.5 Å². The molecule has 0 radical (unpaired) electrons. The maximum atomic E-state index is 12.7. The first-order valence-corrected chi connectivity index (χ1v) is 9.66. The van der Waals surface area contributed by atoms with Crippen LogP contribution in [0.15, 0.2) is 28.0 Å². The lowest BCUT2D eigenvalue weighted by molar-refractivity contribution is 0.0636. The average Bonchev–Trinajstić information content (AvgIpc) is 2.84. The fourth-order valence-electron chi connectivity index (χ4n) is 3.23. The van der Waals surface area contributed by atoms with Gasteiger partial charge in [0.05, 0.1) is 11.4 Å². The second-order valence-corrected chi connectivity index (χ2v) is 8.28. The molecule has 0 saturated heterocycles. The van der Waals surface area contributed by atoms with Crippen LogP contribution in [-0.2, 0) is 4.74 Å². The molecule has 8 nitrogen and oxygen atoms in total.